The first kappa shape index (κ1) is 15.2. The summed E-state index contributed by atoms with van der Waals surface area (Å²) in [5.74, 6) is 0.521. The standard InChI is InChI=1S/C18H18N2O3S/c21-16-15-9-10-24-17(15)19(11-13-7-4-8-13)18(22)20(16)23-12-14-5-2-1-3-6-14/h1-3,5-6,9-10,13H,4,7-8,11-12H2. The zero-order chi connectivity index (χ0) is 16.5. The number of hydrogen-bond donors (Lipinski definition) is 0. The Balaban J connectivity index is 1.73. The maximum Gasteiger partial charge on any atom is 0.365 e. The number of aromatic nitrogens is 2. The molecular formula is C18H18N2O3S. The van der Waals surface area contributed by atoms with Crippen LogP contribution in [0.4, 0.5) is 0 Å². The molecule has 124 valence electrons. The lowest BCUT2D eigenvalue weighted by Gasteiger charge is -2.26. The third-order valence-corrected chi connectivity index (χ3v) is 5.51. The van der Waals surface area contributed by atoms with Crippen LogP contribution in [0.5, 0.6) is 0 Å². The molecule has 4 rings (SSSR count). The molecule has 0 spiro atoms. The predicted octanol–water partition coefficient (Wildman–Crippen LogP) is 2.65. The third kappa shape index (κ3) is 2.67. The Morgan fingerprint density at radius 3 is 2.62 bits per heavy atom. The van der Waals surface area contributed by atoms with Crippen LogP contribution in [0.15, 0.2) is 51.4 Å². The highest BCUT2D eigenvalue weighted by atomic mass is 32.1. The van der Waals surface area contributed by atoms with Crippen molar-refractivity contribution < 1.29 is 4.84 Å². The highest BCUT2D eigenvalue weighted by Gasteiger charge is 2.22. The first-order chi connectivity index (χ1) is 11.7. The van der Waals surface area contributed by atoms with Gasteiger partial charge in [-0.25, -0.2) is 4.79 Å². The van der Waals surface area contributed by atoms with Crippen molar-refractivity contribution in [3.8, 4) is 0 Å². The average Bonchev–Trinajstić information content (AvgIpc) is 3.04. The van der Waals surface area contributed by atoms with E-state index in [1.54, 1.807) is 10.6 Å². The summed E-state index contributed by atoms with van der Waals surface area (Å²) in [6.45, 7) is 0.847. The number of nitrogens with zero attached hydrogens (tertiary/aromatic N) is 2. The average molecular weight is 342 g/mol. The van der Waals surface area contributed by atoms with Crippen LogP contribution in [0.1, 0.15) is 24.8 Å². The summed E-state index contributed by atoms with van der Waals surface area (Å²) in [7, 11) is 0. The summed E-state index contributed by atoms with van der Waals surface area (Å²) in [6.07, 6.45) is 3.50. The lowest BCUT2D eigenvalue weighted by atomic mass is 9.85. The van der Waals surface area contributed by atoms with Gasteiger partial charge in [0.25, 0.3) is 5.56 Å². The van der Waals surface area contributed by atoms with Crippen LogP contribution in [0.3, 0.4) is 0 Å². The predicted molar refractivity (Wildman–Crippen MR) is 94.4 cm³/mol. The molecule has 6 heteroatoms. The monoisotopic (exact) mass is 342 g/mol. The smallest absolute Gasteiger partial charge is 0.365 e. The van der Waals surface area contributed by atoms with E-state index in [0.717, 1.165) is 28.0 Å². The van der Waals surface area contributed by atoms with Gasteiger partial charge in [-0.15, -0.1) is 11.3 Å². The van der Waals surface area contributed by atoms with E-state index in [9.17, 15) is 9.59 Å². The van der Waals surface area contributed by atoms with Crippen LogP contribution >= 0.6 is 11.3 Å². The Kier molecular flexibility index (Phi) is 3.98. The third-order valence-electron chi connectivity index (χ3n) is 4.58. The minimum Gasteiger partial charge on any atom is -0.401 e. The van der Waals surface area contributed by atoms with Crippen LogP contribution in [0.25, 0.3) is 10.2 Å². The summed E-state index contributed by atoms with van der Waals surface area (Å²) >= 11 is 1.44. The van der Waals surface area contributed by atoms with Gasteiger partial charge >= 0.3 is 5.69 Å². The largest absolute Gasteiger partial charge is 0.401 e. The van der Waals surface area contributed by atoms with Gasteiger partial charge < -0.3 is 4.84 Å². The minimum atomic E-state index is -0.378. The quantitative estimate of drug-likeness (QED) is 0.716. The molecule has 1 fully saturated rings. The Morgan fingerprint density at radius 1 is 1.12 bits per heavy atom. The molecule has 0 radical (unpaired) electrons. The van der Waals surface area contributed by atoms with Gasteiger partial charge in [0, 0.05) is 6.54 Å². The lowest BCUT2D eigenvalue weighted by Crippen LogP contribution is -2.44. The molecule has 0 unspecified atom stereocenters. The molecule has 0 bridgehead atoms. The molecule has 24 heavy (non-hydrogen) atoms. The summed E-state index contributed by atoms with van der Waals surface area (Å²) in [6, 6.07) is 11.3. The fourth-order valence-electron chi connectivity index (χ4n) is 2.99. The summed E-state index contributed by atoms with van der Waals surface area (Å²) in [5.41, 5.74) is 0.162. The molecule has 0 saturated heterocycles. The molecule has 1 aliphatic carbocycles. The zero-order valence-corrected chi connectivity index (χ0v) is 14.0. The molecule has 1 saturated carbocycles. The van der Waals surface area contributed by atoms with Gasteiger partial charge in [-0.1, -0.05) is 41.5 Å². The van der Waals surface area contributed by atoms with E-state index in [-0.39, 0.29) is 17.9 Å². The maximum absolute atomic E-state index is 12.8. The van der Waals surface area contributed by atoms with Gasteiger partial charge in [-0.05, 0) is 35.8 Å². The topological polar surface area (TPSA) is 53.2 Å². The van der Waals surface area contributed by atoms with Gasteiger partial charge in [0.2, 0.25) is 0 Å². The van der Waals surface area contributed by atoms with E-state index in [1.807, 2.05) is 35.7 Å². The highest BCUT2D eigenvalue weighted by Crippen LogP contribution is 2.28. The fourth-order valence-corrected chi connectivity index (χ4v) is 3.88. The van der Waals surface area contributed by atoms with Crippen molar-refractivity contribution in [1.82, 2.24) is 9.30 Å². The SMILES string of the molecule is O=c1c2ccsc2n(CC2CCC2)c(=O)n1OCc1ccccc1. The molecule has 0 amide bonds. The minimum absolute atomic E-state index is 0.190. The molecule has 0 aliphatic heterocycles. The second-order valence-electron chi connectivity index (χ2n) is 6.19. The zero-order valence-electron chi connectivity index (χ0n) is 13.2. The van der Waals surface area contributed by atoms with E-state index in [2.05, 4.69) is 0 Å². The molecule has 2 aromatic heterocycles. The van der Waals surface area contributed by atoms with Gasteiger partial charge in [0.1, 0.15) is 11.4 Å². The van der Waals surface area contributed by atoms with E-state index < -0.39 is 0 Å². The van der Waals surface area contributed by atoms with Crippen molar-refractivity contribution in [2.45, 2.75) is 32.4 Å². The van der Waals surface area contributed by atoms with Crippen molar-refractivity contribution in [3.63, 3.8) is 0 Å². The van der Waals surface area contributed by atoms with Gasteiger partial charge in [-0.3, -0.25) is 9.36 Å². The summed E-state index contributed by atoms with van der Waals surface area (Å²) in [5, 5.41) is 2.40. The summed E-state index contributed by atoms with van der Waals surface area (Å²) in [4.78, 5) is 31.7. The van der Waals surface area contributed by atoms with E-state index in [1.165, 1.54) is 17.8 Å². The number of fused-ring (bicyclic) bond motifs is 1. The molecule has 5 nitrogen and oxygen atoms in total. The van der Waals surface area contributed by atoms with Gasteiger partial charge in [0.15, 0.2) is 0 Å². The first-order valence-electron chi connectivity index (χ1n) is 8.14. The van der Waals surface area contributed by atoms with Crippen molar-refractivity contribution in [3.05, 3.63) is 68.2 Å². The van der Waals surface area contributed by atoms with Crippen molar-refractivity contribution in [2.24, 2.45) is 5.92 Å². The van der Waals surface area contributed by atoms with Crippen LogP contribution in [-0.4, -0.2) is 9.30 Å². The lowest BCUT2D eigenvalue weighted by molar-refractivity contribution is 0.0760. The van der Waals surface area contributed by atoms with Crippen LogP contribution in [0, 0.1) is 5.92 Å². The van der Waals surface area contributed by atoms with Gasteiger partial charge in [-0.2, -0.15) is 0 Å². The Labute approximate surface area is 142 Å². The molecule has 3 aromatic rings. The number of hydrogen-bond acceptors (Lipinski definition) is 4. The van der Waals surface area contributed by atoms with Crippen molar-refractivity contribution in [1.29, 1.82) is 0 Å². The number of benzene rings is 1. The fraction of sp³-hybridized carbons (Fsp3) is 0.333. The maximum atomic E-state index is 12.8. The molecular weight excluding hydrogens is 324 g/mol. The number of rotatable bonds is 5. The second kappa shape index (κ2) is 6.28. The highest BCUT2D eigenvalue weighted by molar-refractivity contribution is 7.16. The molecule has 1 aliphatic rings. The number of thiophene rings is 1. The van der Waals surface area contributed by atoms with E-state index in [0.29, 0.717) is 17.8 Å². The Morgan fingerprint density at radius 2 is 1.92 bits per heavy atom. The molecule has 0 N–H and O–H groups in total. The van der Waals surface area contributed by atoms with Crippen LogP contribution < -0.4 is 16.1 Å². The Hall–Kier alpha value is -2.34. The second-order valence-corrected chi connectivity index (χ2v) is 7.08. The van der Waals surface area contributed by atoms with E-state index in [4.69, 9.17) is 4.84 Å². The van der Waals surface area contributed by atoms with Crippen LogP contribution in [-0.2, 0) is 13.2 Å². The van der Waals surface area contributed by atoms with E-state index >= 15 is 0 Å². The normalized spacial score (nSPS) is 14.7. The van der Waals surface area contributed by atoms with Gasteiger partial charge in [0.05, 0.1) is 5.39 Å². The summed E-state index contributed by atoms with van der Waals surface area (Å²) < 4.78 is 2.62. The van der Waals surface area contributed by atoms with Crippen LogP contribution in [0.2, 0.25) is 0 Å². The molecule has 0 atom stereocenters. The molecule has 2 heterocycles. The van der Waals surface area contributed by atoms with Crippen molar-refractivity contribution >= 4 is 21.6 Å². The first-order valence-corrected chi connectivity index (χ1v) is 9.02. The molecule has 1 aromatic carbocycles. The Bertz CT molecular complexity index is 967. The van der Waals surface area contributed by atoms with Crippen molar-refractivity contribution in [2.75, 3.05) is 0 Å².